The summed E-state index contributed by atoms with van der Waals surface area (Å²) in [5.74, 6) is 0. The molecule has 0 aromatic rings. The van der Waals surface area contributed by atoms with Crippen molar-refractivity contribution in [2.45, 2.75) is 4.17 Å². The fourth-order valence-corrected chi connectivity index (χ4v) is 0. The van der Waals surface area contributed by atoms with Crippen molar-refractivity contribution in [1.29, 1.82) is 0 Å². The molecule has 0 rings (SSSR count). The third kappa shape index (κ3) is 4.86. The molecule has 0 aromatic heterocycles. The van der Waals surface area contributed by atoms with Crippen molar-refractivity contribution in [1.82, 2.24) is 0 Å². The van der Waals surface area contributed by atoms with E-state index in [-0.39, 0.29) is 12.1 Å². The van der Waals surface area contributed by atoms with Gasteiger partial charge >= 0.3 is 0 Å². The Kier molecular flexibility index (Phi) is 3.59. The van der Waals surface area contributed by atoms with Crippen molar-refractivity contribution in [3.8, 4) is 0 Å². The second-order valence-corrected chi connectivity index (χ2v) is 2.61. The summed E-state index contributed by atoms with van der Waals surface area (Å²) in [6.07, 6.45) is 0. The molecule has 32 valence electrons. The maximum atomic E-state index is 10.8. The van der Waals surface area contributed by atoms with Gasteiger partial charge in [-0.15, -0.1) is 0 Å². The van der Waals surface area contributed by atoms with Gasteiger partial charge in [0, 0.05) is 0 Å². The summed E-state index contributed by atoms with van der Waals surface area (Å²) in [4.78, 5) is 0. The normalized spacial score (nSPS) is 9.60. The molecular weight excluding hydrogens is 134 g/mol. The number of hydrogen-bond acceptors (Lipinski definition) is 1. The molecule has 0 heterocycles. The summed E-state index contributed by atoms with van der Waals surface area (Å²) in [5, 5.41) is 0. The van der Waals surface area contributed by atoms with E-state index in [2.05, 4.69) is 0 Å². The van der Waals surface area contributed by atoms with Crippen LogP contribution in [0.4, 0.5) is 3.89 Å². The van der Waals surface area contributed by atoms with E-state index in [0.29, 0.717) is 0 Å². The van der Waals surface area contributed by atoms with Gasteiger partial charge in [0.15, 0.2) is 4.17 Å². The smallest absolute Gasteiger partial charge is 0.162 e. The van der Waals surface area contributed by atoms with Gasteiger partial charge in [-0.3, -0.25) is 0 Å². The van der Waals surface area contributed by atoms with Crippen LogP contribution in [-0.4, -0.2) is 4.17 Å². The minimum atomic E-state index is -0.921. The molecule has 0 radical (unpaired) electrons. The van der Waals surface area contributed by atoms with E-state index in [1.165, 1.54) is 0 Å². The van der Waals surface area contributed by atoms with Crippen LogP contribution in [0.3, 0.4) is 0 Å². The van der Waals surface area contributed by atoms with Crippen LogP contribution < -0.4 is 0 Å². The van der Waals surface area contributed by atoms with Gasteiger partial charge in [-0.25, -0.2) is 0 Å². The monoisotopic (exact) mass is 134 g/mol. The molecule has 0 aliphatic heterocycles. The van der Waals surface area contributed by atoms with Crippen LogP contribution in [0.5, 0.6) is 0 Å². The highest BCUT2D eigenvalue weighted by Crippen LogP contribution is 2.18. The second-order valence-electron chi connectivity index (χ2n) is 0.350. The molecule has 0 aromatic carbocycles. The van der Waals surface area contributed by atoms with Crippen LogP contribution in [0.2, 0.25) is 0 Å². The first-order valence-electron chi connectivity index (χ1n) is 0.826. The van der Waals surface area contributed by atoms with E-state index in [1.54, 1.807) is 0 Å². The maximum absolute atomic E-state index is 10.8. The lowest BCUT2D eigenvalue weighted by Gasteiger charge is -1.79. The zero-order chi connectivity index (χ0) is 4.28. The highest BCUT2D eigenvalue weighted by atomic mass is 35.5. The highest BCUT2D eigenvalue weighted by molar-refractivity contribution is 7.97. The molecule has 0 fully saturated rings. The summed E-state index contributed by atoms with van der Waals surface area (Å²) in [6, 6.07) is 0. The van der Waals surface area contributed by atoms with E-state index in [9.17, 15) is 3.89 Å². The van der Waals surface area contributed by atoms with Gasteiger partial charge < -0.3 is 0 Å². The van der Waals surface area contributed by atoms with Crippen LogP contribution in [0.25, 0.3) is 0 Å². The summed E-state index contributed by atoms with van der Waals surface area (Å²) in [7, 11) is 0. The molecule has 0 nitrogen and oxygen atoms in total. The number of hydrogen-bond donors (Lipinski definition) is 0. The Bertz CT molecular complexity index is 23.6. The Labute approximate surface area is 43.9 Å². The van der Waals surface area contributed by atoms with Crippen LogP contribution in [0.1, 0.15) is 0 Å². The summed E-state index contributed by atoms with van der Waals surface area (Å²) < 4.78 is 9.85. The standard InChI is InChI=1S/CHCl2FS/c2-1(3)5-4/h1H. The summed E-state index contributed by atoms with van der Waals surface area (Å²) in [6.45, 7) is 0. The van der Waals surface area contributed by atoms with E-state index in [0.717, 1.165) is 0 Å². The Morgan fingerprint density at radius 1 is 1.60 bits per heavy atom. The Morgan fingerprint density at radius 3 is 1.80 bits per heavy atom. The quantitative estimate of drug-likeness (QED) is 0.497. The van der Waals surface area contributed by atoms with Crippen molar-refractivity contribution in [2.24, 2.45) is 0 Å². The highest BCUT2D eigenvalue weighted by Gasteiger charge is 1.92. The predicted molar refractivity (Wildman–Crippen MR) is 24.2 cm³/mol. The zero-order valence-electron chi connectivity index (χ0n) is 2.12. The molecule has 0 saturated heterocycles. The third-order valence-corrected chi connectivity index (χ3v) is 0.606. The van der Waals surface area contributed by atoms with Crippen molar-refractivity contribution < 1.29 is 3.89 Å². The minimum Gasteiger partial charge on any atom is -0.162 e. The van der Waals surface area contributed by atoms with Crippen LogP contribution in [-0.2, 0) is 0 Å². The first-order chi connectivity index (χ1) is 2.27. The molecule has 4 heteroatoms. The molecule has 0 unspecified atom stereocenters. The van der Waals surface area contributed by atoms with Crippen molar-refractivity contribution in [3.05, 3.63) is 0 Å². The van der Waals surface area contributed by atoms with Crippen molar-refractivity contribution in [2.75, 3.05) is 0 Å². The van der Waals surface area contributed by atoms with E-state index in [4.69, 9.17) is 23.2 Å². The van der Waals surface area contributed by atoms with Gasteiger partial charge in [0.05, 0.1) is 12.1 Å². The Balaban J connectivity index is 2.54. The lowest BCUT2D eigenvalue weighted by molar-refractivity contribution is 0.940. The molecule has 0 aliphatic carbocycles. The molecule has 0 saturated carbocycles. The van der Waals surface area contributed by atoms with E-state index >= 15 is 0 Å². The maximum Gasteiger partial charge on any atom is 0.183 e. The minimum absolute atomic E-state index is 0.0895. The average Bonchev–Trinajstić information content (AvgIpc) is 1.38. The Hall–Kier alpha value is 0.860. The summed E-state index contributed by atoms with van der Waals surface area (Å²) in [5.41, 5.74) is 0. The fraction of sp³-hybridized carbons (Fsp3) is 1.00. The van der Waals surface area contributed by atoms with E-state index < -0.39 is 4.17 Å². The molecule has 0 amide bonds. The molecule has 0 atom stereocenters. The lowest BCUT2D eigenvalue weighted by Crippen LogP contribution is -1.63. The molecule has 5 heavy (non-hydrogen) atoms. The first-order valence-corrected chi connectivity index (χ1v) is 2.48. The lowest BCUT2D eigenvalue weighted by atomic mass is 11.9. The SMILES string of the molecule is FSC(Cl)Cl. The van der Waals surface area contributed by atoms with Gasteiger partial charge in [0.25, 0.3) is 0 Å². The zero-order valence-corrected chi connectivity index (χ0v) is 4.45. The van der Waals surface area contributed by atoms with Gasteiger partial charge in [-0.05, 0) is 0 Å². The molecule has 0 aliphatic rings. The van der Waals surface area contributed by atoms with Crippen molar-refractivity contribution in [3.63, 3.8) is 0 Å². The third-order valence-electron chi connectivity index (χ3n) is 0.0673. The first kappa shape index (κ1) is 5.86. The Morgan fingerprint density at radius 2 is 1.80 bits per heavy atom. The van der Waals surface area contributed by atoms with Gasteiger partial charge in [-0.1, -0.05) is 23.2 Å². The second kappa shape index (κ2) is 3.07. The fourth-order valence-electron chi connectivity index (χ4n) is 0. The summed E-state index contributed by atoms with van der Waals surface area (Å²) >= 11 is 9.54. The van der Waals surface area contributed by atoms with Crippen LogP contribution in [0.15, 0.2) is 0 Å². The average molecular weight is 135 g/mol. The van der Waals surface area contributed by atoms with Gasteiger partial charge in [0.2, 0.25) is 0 Å². The number of alkyl halides is 2. The molecule has 0 bridgehead atoms. The van der Waals surface area contributed by atoms with Gasteiger partial charge in [-0.2, -0.15) is 3.89 Å². The van der Waals surface area contributed by atoms with Crippen LogP contribution >= 0.6 is 35.3 Å². The van der Waals surface area contributed by atoms with Gasteiger partial charge in [0.1, 0.15) is 0 Å². The largest absolute Gasteiger partial charge is 0.183 e. The number of rotatable bonds is 1. The van der Waals surface area contributed by atoms with E-state index in [1.807, 2.05) is 0 Å². The molecular formula is CHCl2FS. The topological polar surface area (TPSA) is 0 Å². The van der Waals surface area contributed by atoms with Crippen LogP contribution in [0, 0.1) is 0 Å². The predicted octanol–water partition coefficient (Wildman–Crippen LogP) is 2.37. The molecule has 0 N–H and O–H groups in total. The van der Waals surface area contributed by atoms with Crippen molar-refractivity contribution >= 4 is 35.3 Å². The molecule has 0 spiro atoms. The number of halogens is 3.